The second-order valence-electron chi connectivity index (χ2n) is 25.4. The van der Waals surface area contributed by atoms with Gasteiger partial charge in [-0.15, -0.1) is 0 Å². The van der Waals surface area contributed by atoms with Gasteiger partial charge in [0.2, 0.25) is 5.91 Å². The van der Waals surface area contributed by atoms with Gasteiger partial charge in [-0.1, -0.05) is 299 Å². The Morgan fingerprint density at radius 2 is 0.753 bits per heavy atom. The van der Waals surface area contributed by atoms with E-state index in [1.807, 2.05) is 33.3 Å². The molecule has 0 spiro atoms. The van der Waals surface area contributed by atoms with Crippen molar-refractivity contribution >= 4 is 19.7 Å². The molecule has 0 aromatic rings. The number of hydrogen-bond donors (Lipinski definition) is 1. The molecule has 0 aromatic carbocycles. The zero-order valence-corrected chi connectivity index (χ0v) is 57.4. The number of carbonyl (C=O) groups is 2. The lowest BCUT2D eigenvalue weighted by atomic mass is 10.0. The van der Waals surface area contributed by atoms with Crippen LogP contribution in [0.25, 0.3) is 0 Å². The van der Waals surface area contributed by atoms with E-state index in [1.54, 1.807) is 0 Å². The van der Waals surface area contributed by atoms with Gasteiger partial charge in [-0.3, -0.25) is 14.2 Å². The lowest BCUT2D eigenvalue weighted by Gasteiger charge is -2.30. The second kappa shape index (κ2) is 64.2. The predicted molar refractivity (Wildman–Crippen MR) is 367 cm³/mol. The molecule has 0 saturated carbocycles. The van der Waals surface area contributed by atoms with Crippen LogP contribution in [0.2, 0.25) is 0 Å². The van der Waals surface area contributed by atoms with E-state index in [0.717, 1.165) is 103 Å². The van der Waals surface area contributed by atoms with Crippen molar-refractivity contribution in [1.29, 1.82) is 0 Å². The van der Waals surface area contributed by atoms with Gasteiger partial charge in [0, 0.05) is 12.8 Å². The minimum absolute atomic E-state index is 0.0262. The summed E-state index contributed by atoms with van der Waals surface area (Å²) in [5, 5.41) is 3.04. The summed E-state index contributed by atoms with van der Waals surface area (Å²) in [6.07, 6.45) is 85.7. The van der Waals surface area contributed by atoms with Crippen LogP contribution < -0.4 is 10.2 Å². The first-order chi connectivity index (χ1) is 41.4. The minimum atomic E-state index is -4.71. The van der Waals surface area contributed by atoms with Gasteiger partial charge in [-0.2, -0.15) is 0 Å². The highest BCUT2D eigenvalue weighted by atomic mass is 31.2. The number of ether oxygens (including phenoxy) is 1. The number of amides is 1. The third-order valence-corrected chi connectivity index (χ3v) is 16.8. The highest BCUT2D eigenvalue weighted by molar-refractivity contribution is 7.45. The van der Waals surface area contributed by atoms with Crippen molar-refractivity contribution in [2.45, 2.75) is 341 Å². The molecule has 1 amide bonds. The Bertz CT molecular complexity index is 1730. The van der Waals surface area contributed by atoms with E-state index in [0.29, 0.717) is 17.4 Å². The van der Waals surface area contributed by atoms with Crippen molar-refractivity contribution in [2.24, 2.45) is 0 Å². The van der Waals surface area contributed by atoms with Crippen molar-refractivity contribution in [2.75, 3.05) is 40.9 Å². The van der Waals surface area contributed by atoms with Crippen LogP contribution >= 0.6 is 7.82 Å². The van der Waals surface area contributed by atoms with Crippen LogP contribution in [0.15, 0.2) is 85.1 Å². The molecule has 1 N–H and O–H groups in total. The summed E-state index contributed by atoms with van der Waals surface area (Å²) in [4.78, 5) is 40.2. The van der Waals surface area contributed by atoms with E-state index in [1.165, 1.54) is 193 Å². The Balaban J connectivity index is 5.02. The summed E-state index contributed by atoms with van der Waals surface area (Å²) in [6.45, 7) is 6.74. The molecule has 0 heterocycles. The number of carbonyl (C=O) groups excluding carboxylic acids is 2. The molecule has 0 aliphatic carbocycles. The van der Waals surface area contributed by atoms with Crippen molar-refractivity contribution in [3.8, 4) is 0 Å². The summed E-state index contributed by atoms with van der Waals surface area (Å²) >= 11 is 0. The molecule has 0 aromatic heterocycles. The number of allylic oxidation sites excluding steroid dienone is 13. The first-order valence-electron chi connectivity index (χ1n) is 35.9. The first kappa shape index (κ1) is 82.2. The van der Waals surface area contributed by atoms with Crippen LogP contribution in [-0.4, -0.2) is 69.4 Å². The van der Waals surface area contributed by atoms with Gasteiger partial charge in [-0.25, -0.2) is 0 Å². The number of nitrogens with zero attached hydrogens (tertiary/aromatic N) is 1. The number of phosphoric ester groups is 1. The zero-order chi connectivity index (χ0) is 62.1. The fourth-order valence-electron chi connectivity index (χ4n) is 10.3. The second-order valence-corrected chi connectivity index (χ2v) is 26.8. The van der Waals surface area contributed by atoms with Crippen LogP contribution in [-0.2, 0) is 27.9 Å². The summed E-state index contributed by atoms with van der Waals surface area (Å²) in [6, 6.07) is -0.897. The van der Waals surface area contributed by atoms with Crippen LogP contribution in [0.4, 0.5) is 0 Å². The SMILES string of the molecule is CC/C=C\C/C=C\C/C=C\C/C=C\C/C=C\CCCCCCCCCC(=O)OC(/C=C/CCCCCCCCCCC)C(COP(=O)([O-])OCC[N+](C)(C)C)NC(=O)CCCCCCCCCCCCCCCCC/C=C/CCCCCCCC. The molecular weight excluding hydrogens is 1070 g/mol. The smallest absolute Gasteiger partial charge is 0.306 e. The fraction of sp³-hybridized carbons (Fsp3) is 0.787. The third kappa shape index (κ3) is 65.5. The Kier molecular flexibility index (Phi) is 62.1. The lowest BCUT2D eigenvalue weighted by Crippen LogP contribution is -2.47. The summed E-state index contributed by atoms with van der Waals surface area (Å²) in [5.41, 5.74) is 0. The largest absolute Gasteiger partial charge is 0.756 e. The molecule has 9 nitrogen and oxygen atoms in total. The molecule has 3 atom stereocenters. The molecule has 494 valence electrons. The van der Waals surface area contributed by atoms with Crippen molar-refractivity contribution in [1.82, 2.24) is 5.32 Å². The molecule has 0 rings (SSSR count). The molecule has 0 saturated heterocycles. The van der Waals surface area contributed by atoms with Gasteiger partial charge in [0.15, 0.2) is 0 Å². The Morgan fingerprint density at radius 3 is 1.14 bits per heavy atom. The van der Waals surface area contributed by atoms with E-state index < -0.39 is 26.6 Å². The molecule has 3 unspecified atom stereocenters. The zero-order valence-electron chi connectivity index (χ0n) is 56.6. The van der Waals surface area contributed by atoms with Crippen molar-refractivity contribution in [3.05, 3.63) is 85.1 Å². The molecular formula is C75H137N2O7P. The maximum absolute atomic E-state index is 13.6. The number of esters is 1. The number of unbranched alkanes of at least 4 members (excludes halogenated alkanes) is 37. The van der Waals surface area contributed by atoms with E-state index in [4.69, 9.17) is 13.8 Å². The number of nitrogens with one attached hydrogen (secondary N) is 1. The number of hydrogen-bond acceptors (Lipinski definition) is 7. The third-order valence-electron chi connectivity index (χ3n) is 15.8. The Morgan fingerprint density at radius 1 is 0.424 bits per heavy atom. The predicted octanol–water partition coefficient (Wildman–Crippen LogP) is 22.3. The highest BCUT2D eigenvalue weighted by Crippen LogP contribution is 2.38. The van der Waals surface area contributed by atoms with E-state index in [9.17, 15) is 19.0 Å². The highest BCUT2D eigenvalue weighted by Gasteiger charge is 2.27. The van der Waals surface area contributed by atoms with E-state index >= 15 is 0 Å². The number of phosphoric acid groups is 1. The summed E-state index contributed by atoms with van der Waals surface area (Å²) in [7, 11) is 1.18. The first-order valence-corrected chi connectivity index (χ1v) is 37.4. The number of quaternary nitrogens is 1. The summed E-state index contributed by atoms with van der Waals surface area (Å²) in [5.74, 6) is -0.547. The monoisotopic (exact) mass is 1210 g/mol. The van der Waals surface area contributed by atoms with E-state index in [-0.39, 0.29) is 24.9 Å². The van der Waals surface area contributed by atoms with Crippen molar-refractivity contribution in [3.63, 3.8) is 0 Å². The van der Waals surface area contributed by atoms with Crippen LogP contribution in [0.5, 0.6) is 0 Å². The van der Waals surface area contributed by atoms with Gasteiger partial charge in [0.25, 0.3) is 7.82 Å². The molecule has 85 heavy (non-hydrogen) atoms. The van der Waals surface area contributed by atoms with Gasteiger partial charge in [-0.05, 0) is 102 Å². The molecule has 0 bridgehead atoms. The van der Waals surface area contributed by atoms with Gasteiger partial charge in [0.05, 0.1) is 33.8 Å². The van der Waals surface area contributed by atoms with Crippen LogP contribution in [0, 0.1) is 0 Å². The van der Waals surface area contributed by atoms with Gasteiger partial charge < -0.3 is 28.5 Å². The maximum Gasteiger partial charge on any atom is 0.306 e. The Labute approximate surface area is 526 Å². The topological polar surface area (TPSA) is 114 Å². The van der Waals surface area contributed by atoms with Gasteiger partial charge in [0.1, 0.15) is 19.3 Å². The average molecular weight is 1210 g/mol. The number of rotatable bonds is 65. The molecule has 0 fully saturated rings. The van der Waals surface area contributed by atoms with Crippen molar-refractivity contribution < 1.29 is 37.3 Å². The Hall–Kier alpha value is -2.81. The maximum atomic E-state index is 13.6. The standard InChI is InChI=1S/C75H137N2O7P/c1-7-10-13-16-19-22-25-27-29-31-33-35-37-38-40-41-43-45-47-49-52-55-58-61-64-67-74(78)76-72(71-83-85(80,81)82-70-69-77(4,5)6)73(66-63-60-57-54-51-24-21-18-15-12-9-3)84-75(79)68-65-62-59-56-53-50-48-46-44-42-39-36-34-32-30-28-26-23-20-17-14-11-8-2/h11,14,20,23,27-30,34,36,42,44,63,66,72-73H,7-10,12-13,15-19,21-22,24-26,31-33,35,37-41,43,45-62,64-65,67-71H2,1-6H3,(H-,76,78,80,81)/b14-11-,23-20-,29-27+,30-28-,36-34-,44-42-,66-63+. The molecule has 0 aliphatic rings. The van der Waals surface area contributed by atoms with E-state index in [2.05, 4.69) is 99.0 Å². The normalized spacial score (nSPS) is 14.0. The quantitative estimate of drug-likeness (QED) is 0.0212. The fourth-order valence-corrected chi connectivity index (χ4v) is 11.0. The summed E-state index contributed by atoms with van der Waals surface area (Å²) < 4.78 is 30.4. The molecule has 10 heteroatoms. The lowest BCUT2D eigenvalue weighted by molar-refractivity contribution is -0.870. The minimum Gasteiger partial charge on any atom is -0.756 e. The molecule has 0 radical (unpaired) electrons. The van der Waals surface area contributed by atoms with Crippen LogP contribution in [0.3, 0.4) is 0 Å². The average Bonchev–Trinajstić information content (AvgIpc) is 3.62. The van der Waals surface area contributed by atoms with Crippen LogP contribution in [0.1, 0.15) is 329 Å². The molecule has 0 aliphatic heterocycles. The van der Waals surface area contributed by atoms with Gasteiger partial charge >= 0.3 is 5.97 Å². The number of likely N-dealkylation sites (N-methyl/N-ethyl adjacent to an activating group) is 1.